The number of hydrogen-bond donors (Lipinski definition) is 0. The summed E-state index contributed by atoms with van der Waals surface area (Å²) in [7, 11) is 0. The van der Waals surface area contributed by atoms with Gasteiger partial charge in [-0.1, -0.05) is 31.6 Å². The van der Waals surface area contributed by atoms with Crippen molar-refractivity contribution < 1.29 is 4.74 Å². The monoisotopic (exact) mass is 252 g/mol. The normalized spacial score (nSPS) is 44.7. The Morgan fingerprint density at radius 2 is 2.26 bits per heavy atom. The standard InChI is InChI=1S/C18H20O/c1-17-9-4-8-15-18(17)10-3-6-13(17)11-12-5-2-7-14(19-15)16(12)18/h2,4-5,7-8,13,15H,3,6,9-11H2,1H3. The van der Waals surface area contributed by atoms with Crippen molar-refractivity contribution in [2.75, 3.05) is 0 Å². The molecule has 0 saturated heterocycles. The minimum absolute atomic E-state index is 0.287. The van der Waals surface area contributed by atoms with Crippen LogP contribution in [0.15, 0.2) is 30.4 Å². The van der Waals surface area contributed by atoms with E-state index in [1.54, 1.807) is 11.1 Å². The highest BCUT2D eigenvalue weighted by molar-refractivity contribution is 5.56. The highest BCUT2D eigenvalue weighted by Crippen LogP contribution is 2.68. The first kappa shape index (κ1) is 10.5. The van der Waals surface area contributed by atoms with Crippen LogP contribution in [0, 0.1) is 11.3 Å². The lowest BCUT2D eigenvalue weighted by Gasteiger charge is -2.60. The highest BCUT2D eigenvalue weighted by atomic mass is 16.5. The molecule has 4 atom stereocenters. The first-order chi connectivity index (χ1) is 9.26. The zero-order chi connectivity index (χ0) is 12.7. The number of benzene rings is 1. The Hall–Kier alpha value is -1.24. The van der Waals surface area contributed by atoms with E-state index in [4.69, 9.17) is 4.74 Å². The van der Waals surface area contributed by atoms with Crippen LogP contribution in [0.2, 0.25) is 0 Å². The van der Waals surface area contributed by atoms with Crippen LogP contribution >= 0.6 is 0 Å². The third-order valence-electron chi connectivity index (χ3n) is 6.66. The van der Waals surface area contributed by atoms with Gasteiger partial charge in [0.05, 0.1) is 0 Å². The summed E-state index contributed by atoms with van der Waals surface area (Å²) in [5.41, 5.74) is 3.87. The second kappa shape index (κ2) is 3.08. The summed E-state index contributed by atoms with van der Waals surface area (Å²) in [6, 6.07) is 6.72. The summed E-state index contributed by atoms with van der Waals surface area (Å²) < 4.78 is 6.36. The van der Waals surface area contributed by atoms with Gasteiger partial charge in [0.1, 0.15) is 11.9 Å². The Morgan fingerprint density at radius 1 is 1.32 bits per heavy atom. The van der Waals surface area contributed by atoms with Gasteiger partial charge in [-0.05, 0) is 54.7 Å². The van der Waals surface area contributed by atoms with Gasteiger partial charge in [-0.15, -0.1) is 0 Å². The summed E-state index contributed by atoms with van der Waals surface area (Å²) in [6.45, 7) is 2.54. The van der Waals surface area contributed by atoms with Gasteiger partial charge in [-0.25, -0.2) is 0 Å². The summed E-state index contributed by atoms with van der Waals surface area (Å²) >= 11 is 0. The highest BCUT2D eigenvalue weighted by Gasteiger charge is 2.66. The molecule has 1 saturated carbocycles. The lowest BCUT2D eigenvalue weighted by Crippen LogP contribution is -2.60. The van der Waals surface area contributed by atoms with E-state index in [1.807, 2.05) is 0 Å². The topological polar surface area (TPSA) is 9.23 Å². The molecular weight excluding hydrogens is 232 g/mol. The van der Waals surface area contributed by atoms with E-state index >= 15 is 0 Å². The fraction of sp³-hybridized carbons (Fsp3) is 0.556. The van der Waals surface area contributed by atoms with Crippen LogP contribution in [0.4, 0.5) is 0 Å². The van der Waals surface area contributed by atoms with Gasteiger partial charge in [0, 0.05) is 11.0 Å². The molecule has 4 aliphatic rings. The van der Waals surface area contributed by atoms with Crippen molar-refractivity contribution in [2.45, 2.75) is 50.5 Å². The molecule has 98 valence electrons. The Morgan fingerprint density at radius 3 is 3.21 bits per heavy atom. The Balaban J connectivity index is 1.90. The molecule has 2 bridgehead atoms. The van der Waals surface area contributed by atoms with Crippen LogP contribution in [0.5, 0.6) is 5.75 Å². The van der Waals surface area contributed by atoms with Crippen molar-refractivity contribution in [1.82, 2.24) is 0 Å². The predicted molar refractivity (Wildman–Crippen MR) is 75.4 cm³/mol. The average Bonchev–Trinajstić information content (AvgIpc) is 2.71. The first-order valence-electron chi connectivity index (χ1n) is 7.71. The van der Waals surface area contributed by atoms with Gasteiger partial charge in [0.2, 0.25) is 0 Å². The smallest absolute Gasteiger partial charge is 0.127 e. The summed E-state index contributed by atoms with van der Waals surface area (Å²) in [5.74, 6) is 2.03. The van der Waals surface area contributed by atoms with E-state index in [0.717, 1.165) is 5.92 Å². The van der Waals surface area contributed by atoms with Crippen LogP contribution in [-0.4, -0.2) is 6.10 Å². The average molecular weight is 252 g/mol. The Labute approximate surface area is 114 Å². The van der Waals surface area contributed by atoms with Crippen molar-refractivity contribution in [2.24, 2.45) is 11.3 Å². The number of ether oxygens (including phenoxy) is 1. The van der Waals surface area contributed by atoms with Crippen molar-refractivity contribution in [3.05, 3.63) is 41.5 Å². The molecule has 4 unspecified atom stereocenters. The maximum absolute atomic E-state index is 6.36. The van der Waals surface area contributed by atoms with E-state index in [9.17, 15) is 0 Å². The van der Waals surface area contributed by atoms with Gasteiger partial charge < -0.3 is 4.74 Å². The molecule has 1 nitrogen and oxygen atoms in total. The van der Waals surface area contributed by atoms with Crippen LogP contribution in [-0.2, 0) is 11.8 Å². The predicted octanol–water partition coefficient (Wildman–Crippen LogP) is 4.01. The summed E-state index contributed by atoms with van der Waals surface area (Å²) in [6.07, 6.45) is 11.6. The Bertz CT molecular complexity index is 602. The van der Waals surface area contributed by atoms with Gasteiger partial charge in [0.25, 0.3) is 0 Å². The van der Waals surface area contributed by atoms with Crippen molar-refractivity contribution >= 4 is 0 Å². The zero-order valence-electron chi connectivity index (χ0n) is 11.5. The maximum atomic E-state index is 6.36. The van der Waals surface area contributed by atoms with E-state index < -0.39 is 0 Å². The van der Waals surface area contributed by atoms with Gasteiger partial charge >= 0.3 is 0 Å². The molecule has 1 spiro atoms. The van der Waals surface area contributed by atoms with Crippen molar-refractivity contribution in [3.8, 4) is 5.75 Å². The molecule has 5 rings (SSSR count). The third kappa shape index (κ3) is 0.957. The number of allylic oxidation sites excluding steroid dienone is 1. The van der Waals surface area contributed by atoms with Gasteiger partial charge in [-0.3, -0.25) is 0 Å². The summed E-state index contributed by atoms with van der Waals surface area (Å²) in [5, 5.41) is 0. The number of rotatable bonds is 0. The minimum atomic E-state index is 0.287. The largest absolute Gasteiger partial charge is 0.485 e. The molecule has 0 radical (unpaired) electrons. The Kier molecular flexibility index (Phi) is 1.71. The summed E-state index contributed by atoms with van der Waals surface area (Å²) in [4.78, 5) is 0. The lowest BCUT2D eigenvalue weighted by atomic mass is 9.42. The molecule has 1 heteroatoms. The van der Waals surface area contributed by atoms with Crippen LogP contribution in [0.3, 0.4) is 0 Å². The molecule has 1 aromatic carbocycles. The SMILES string of the molecule is CC12CC=CC3Oc4cccc5c4C31CCCC2C5. The van der Waals surface area contributed by atoms with Crippen LogP contribution in [0.25, 0.3) is 0 Å². The molecule has 0 amide bonds. The lowest BCUT2D eigenvalue weighted by molar-refractivity contribution is -0.0422. The van der Waals surface area contributed by atoms with Crippen molar-refractivity contribution in [1.29, 1.82) is 0 Å². The molecule has 1 aromatic rings. The van der Waals surface area contributed by atoms with Gasteiger partial charge in [0.15, 0.2) is 0 Å². The maximum Gasteiger partial charge on any atom is 0.127 e. The first-order valence-corrected chi connectivity index (χ1v) is 7.71. The van der Waals surface area contributed by atoms with Crippen LogP contribution < -0.4 is 4.74 Å². The van der Waals surface area contributed by atoms with E-state index in [-0.39, 0.29) is 5.41 Å². The molecule has 0 aromatic heterocycles. The fourth-order valence-corrected chi connectivity index (χ4v) is 5.79. The molecule has 0 N–H and O–H groups in total. The molecule has 1 aliphatic heterocycles. The van der Waals surface area contributed by atoms with Crippen molar-refractivity contribution in [3.63, 3.8) is 0 Å². The minimum Gasteiger partial charge on any atom is -0.485 e. The van der Waals surface area contributed by atoms with Gasteiger partial charge in [-0.2, -0.15) is 0 Å². The molecule has 1 heterocycles. The third-order valence-corrected chi connectivity index (χ3v) is 6.66. The fourth-order valence-electron chi connectivity index (χ4n) is 5.79. The molecular formula is C18H20O. The second-order valence-electron chi connectivity index (χ2n) is 7.14. The van der Waals surface area contributed by atoms with E-state index in [1.165, 1.54) is 37.9 Å². The molecule has 3 aliphatic carbocycles. The quantitative estimate of drug-likeness (QED) is 0.634. The molecule has 1 fully saturated rings. The zero-order valence-corrected chi connectivity index (χ0v) is 11.5. The van der Waals surface area contributed by atoms with E-state index in [2.05, 4.69) is 37.3 Å². The van der Waals surface area contributed by atoms with E-state index in [0.29, 0.717) is 11.5 Å². The second-order valence-corrected chi connectivity index (χ2v) is 7.14. The number of hydrogen-bond acceptors (Lipinski definition) is 1. The molecule has 19 heavy (non-hydrogen) atoms. The van der Waals surface area contributed by atoms with Crippen LogP contribution in [0.1, 0.15) is 43.7 Å².